The molecule has 3 aromatic rings. The minimum absolute atomic E-state index is 0.0896. The van der Waals surface area contributed by atoms with E-state index in [1.54, 1.807) is 6.07 Å². The Bertz CT molecular complexity index is 1390. The van der Waals surface area contributed by atoms with Crippen LogP contribution >= 0.6 is 0 Å². The SMILES string of the molecule is Cc1cc2c(cc1-c1cc(-c3ccc(N4CCS(=O)(=O)CC4)cc3)c(F)nc1N)CCNC2=O. The number of aryl methyl sites for hydroxylation is 1. The van der Waals surface area contributed by atoms with Gasteiger partial charge < -0.3 is 16.0 Å². The van der Waals surface area contributed by atoms with E-state index in [9.17, 15) is 17.6 Å². The molecular weight excluding hydrogens is 455 g/mol. The highest BCUT2D eigenvalue weighted by Gasteiger charge is 2.23. The lowest BCUT2D eigenvalue weighted by molar-refractivity contribution is 0.0946. The second-order valence-electron chi connectivity index (χ2n) is 8.78. The van der Waals surface area contributed by atoms with Gasteiger partial charge in [-0.3, -0.25) is 4.79 Å². The molecule has 5 rings (SSSR count). The van der Waals surface area contributed by atoms with Gasteiger partial charge in [0, 0.05) is 42.0 Å². The molecule has 176 valence electrons. The van der Waals surface area contributed by atoms with Crippen molar-refractivity contribution in [3.05, 3.63) is 65.1 Å². The van der Waals surface area contributed by atoms with Crippen molar-refractivity contribution in [2.45, 2.75) is 13.3 Å². The normalized spacial score (nSPS) is 17.2. The van der Waals surface area contributed by atoms with Gasteiger partial charge in [0.2, 0.25) is 5.95 Å². The van der Waals surface area contributed by atoms with Gasteiger partial charge in [-0.1, -0.05) is 12.1 Å². The summed E-state index contributed by atoms with van der Waals surface area (Å²) in [5, 5.41) is 2.85. The number of nitrogens with zero attached hydrogens (tertiary/aromatic N) is 2. The van der Waals surface area contributed by atoms with E-state index in [2.05, 4.69) is 10.3 Å². The Labute approximate surface area is 197 Å². The fraction of sp³-hybridized carbons (Fsp3) is 0.280. The molecule has 0 saturated carbocycles. The molecule has 1 fully saturated rings. The number of halogens is 1. The summed E-state index contributed by atoms with van der Waals surface area (Å²) in [6, 6.07) is 12.8. The number of pyridine rings is 1. The van der Waals surface area contributed by atoms with E-state index in [0.29, 0.717) is 41.9 Å². The van der Waals surface area contributed by atoms with Crippen molar-refractivity contribution in [2.75, 3.05) is 41.8 Å². The Kier molecular flexibility index (Phi) is 5.51. The molecule has 0 atom stereocenters. The number of hydrogen-bond donors (Lipinski definition) is 2. The van der Waals surface area contributed by atoms with E-state index in [-0.39, 0.29) is 23.2 Å². The maximum atomic E-state index is 14.9. The third-order valence-corrected chi connectivity index (χ3v) is 8.17. The lowest BCUT2D eigenvalue weighted by Crippen LogP contribution is -2.40. The lowest BCUT2D eigenvalue weighted by Gasteiger charge is -2.28. The Hall–Kier alpha value is -3.46. The second-order valence-corrected chi connectivity index (χ2v) is 11.1. The summed E-state index contributed by atoms with van der Waals surface area (Å²) in [5.41, 5.74) is 11.9. The molecule has 0 spiro atoms. The molecule has 0 aliphatic carbocycles. The van der Waals surface area contributed by atoms with Crippen molar-refractivity contribution in [1.29, 1.82) is 0 Å². The molecule has 3 N–H and O–H groups in total. The van der Waals surface area contributed by atoms with Crippen LogP contribution < -0.4 is 16.0 Å². The number of carbonyl (C=O) groups excluding carboxylic acids is 1. The first-order valence-electron chi connectivity index (χ1n) is 11.2. The molecule has 2 aliphatic heterocycles. The number of anilines is 2. The first-order valence-corrected chi connectivity index (χ1v) is 13.0. The van der Waals surface area contributed by atoms with Crippen LogP contribution in [-0.2, 0) is 16.3 Å². The van der Waals surface area contributed by atoms with E-state index >= 15 is 0 Å². The van der Waals surface area contributed by atoms with Crippen LogP contribution in [0, 0.1) is 12.9 Å². The first-order chi connectivity index (χ1) is 16.2. The van der Waals surface area contributed by atoms with Gasteiger partial charge in [-0.2, -0.15) is 4.39 Å². The van der Waals surface area contributed by atoms with Crippen LogP contribution in [0.4, 0.5) is 15.9 Å². The van der Waals surface area contributed by atoms with Crippen molar-refractivity contribution < 1.29 is 17.6 Å². The lowest BCUT2D eigenvalue weighted by atomic mass is 9.90. The molecule has 2 aromatic carbocycles. The number of benzene rings is 2. The highest BCUT2D eigenvalue weighted by atomic mass is 32.2. The zero-order valence-electron chi connectivity index (χ0n) is 18.8. The minimum atomic E-state index is -2.96. The number of nitrogens with one attached hydrogen (secondary N) is 1. The summed E-state index contributed by atoms with van der Waals surface area (Å²) >= 11 is 0. The molecule has 2 aliphatic rings. The number of amides is 1. The zero-order valence-corrected chi connectivity index (χ0v) is 19.6. The zero-order chi connectivity index (χ0) is 24.0. The van der Waals surface area contributed by atoms with E-state index in [0.717, 1.165) is 28.8 Å². The quantitative estimate of drug-likeness (QED) is 0.559. The van der Waals surface area contributed by atoms with Gasteiger partial charge in [0.15, 0.2) is 9.84 Å². The van der Waals surface area contributed by atoms with Gasteiger partial charge in [-0.05, 0) is 65.9 Å². The number of rotatable bonds is 3. The van der Waals surface area contributed by atoms with Crippen LogP contribution in [0.5, 0.6) is 0 Å². The molecule has 0 unspecified atom stereocenters. The standard InChI is InChI=1S/C25H25FN4O3S/c1-15-12-21-17(6-7-28-25(21)31)13-19(15)22-14-20(23(26)29-24(22)27)16-2-4-18(5-3-16)30-8-10-34(32,33)11-9-30/h2-5,12-14H,6-11H2,1H3,(H2,27,29)(H,28,31). The second kappa shape index (κ2) is 8.39. The number of hydrogen-bond acceptors (Lipinski definition) is 6. The van der Waals surface area contributed by atoms with Crippen LogP contribution in [0.1, 0.15) is 21.5 Å². The average molecular weight is 481 g/mol. The third-order valence-electron chi connectivity index (χ3n) is 6.56. The van der Waals surface area contributed by atoms with Gasteiger partial charge in [0.05, 0.1) is 11.5 Å². The van der Waals surface area contributed by atoms with Gasteiger partial charge >= 0.3 is 0 Å². The molecule has 0 radical (unpaired) electrons. The number of fused-ring (bicyclic) bond motifs is 1. The molecule has 1 amide bonds. The topological polar surface area (TPSA) is 105 Å². The van der Waals surface area contributed by atoms with Crippen molar-refractivity contribution in [1.82, 2.24) is 10.3 Å². The van der Waals surface area contributed by atoms with Crippen molar-refractivity contribution in [3.63, 3.8) is 0 Å². The van der Waals surface area contributed by atoms with Gasteiger partial charge in [-0.15, -0.1) is 0 Å². The summed E-state index contributed by atoms with van der Waals surface area (Å²) < 4.78 is 38.3. The summed E-state index contributed by atoms with van der Waals surface area (Å²) in [4.78, 5) is 18.2. The Morgan fingerprint density at radius 3 is 2.41 bits per heavy atom. The van der Waals surface area contributed by atoms with Crippen LogP contribution in [0.25, 0.3) is 22.3 Å². The van der Waals surface area contributed by atoms with Crippen molar-refractivity contribution >= 4 is 27.2 Å². The molecule has 7 nitrogen and oxygen atoms in total. The Morgan fingerprint density at radius 2 is 1.71 bits per heavy atom. The first kappa shape index (κ1) is 22.3. The molecule has 0 bridgehead atoms. The molecular formula is C25H25FN4O3S. The molecule has 9 heteroatoms. The summed E-state index contributed by atoms with van der Waals surface area (Å²) in [7, 11) is -2.96. The van der Waals surface area contributed by atoms with Crippen LogP contribution in [-0.4, -0.2) is 50.4 Å². The fourth-order valence-corrected chi connectivity index (χ4v) is 5.81. The third kappa shape index (κ3) is 4.11. The van der Waals surface area contributed by atoms with E-state index in [4.69, 9.17) is 5.73 Å². The summed E-state index contributed by atoms with van der Waals surface area (Å²) in [6.07, 6.45) is 0.717. The minimum Gasteiger partial charge on any atom is -0.383 e. The molecule has 3 heterocycles. The van der Waals surface area contributed by atoms with E-state index < -0.39 is 15.8 Å². The Balaban J connectivity index is 1.50. The smallest absolute Gasteiger partial charge is 0.251 e. The van der Waals surface area contributed by atoms with Crippen LogP contribution in [0.2, 0.25) is 0 Å². The summed E-state index contributed by atoms with van der Waals surface area (Å²) in [5.74, 6) is -0.385. The predicted molar refractivity (Wildman–Crippen MR) is 131 cm³/mol. The number of aromatic nitrogens is 1. The van der Waals surface area contributed by atoms with Gasteiger partial charge in [-0.25, -0.2) is 13.4 Å². The average Bonchev–Trinajstić information content (AvgIpc) is 2.80. The maximum Gasteiger partial charge on any atom is 0.251 e. The molecule has 34 heavy (non-hydrogen) atoms. The monoisotopic (exact) mass is 480 g/mol. The largest absolute Gasteiger partial charge is 0.383 e. The number of carbonyl (C=O) groups is 1. The number of sulfone groups is 1. The van der Waals surface area contributed by atoms with Crippen LogP contribution in [0.3, 0.4) is 0 Å². The molecule has 1 aromatic heterocycles. The van der Waals surface area contributed by atoms with Crippen LogP contribution in [0.15, 0.2) is 42.5 Å². The number of nitrogens with two attached hydrogens (primary N) is 1. The van der Waals surface area contributed by atoms with E-state index in [1.807, 2.05) is 48.2 Å². The predicted octanol–water partition coefficient (Wildman–Crippen LogP) is 2.97. The fourth-order valence-electron chi connectivity index (χ4n) is 4.61. The van der Waals surface area contributed by atoms with Crippen molar-refractivity contribution in [3.8, 4) is 22.3 Å². The van der Waals surface area contributed by atoms with E-state index in [1.165, 1.54) is 0 Å². The van der Waals surface area contributed by atoms with Gasteiger partial charge in [0.25, 0.3) is 5.91 Å². The summed E-state index contributed by atoms with van der Waals surface area (Å²) in [6.45, 7) is 3.36. The van der Waals surface area contributed by atoms with Crippen molar-refractivity contribution in [2.24, 2.45) is 0 Å². The molecule has 1 saturated heterocycles. The highest BCUT2D eigenvalue weighted by molar-refractivity contribution is 7.91. The maximum absolute atomic E-state index is 14.9. The Morgan fingerprint density at radius 1 is 1.00 bits per heavy atom. The van der Waals surface area contributed by atoms with Gasteiger partial charge in [0.1, 0.15) is 5.82 Å². The highest BCUT2D eigenvalue weighted by Crippen LogP contribution is 2.35. The number of nitrogen functional groups attached to an aromatic ring is 1.